The van der Waals surface area contributed by atoms with Gasteiger partial charge in [-0.2, -0.15) is 9.29 Å². The van der Waals surface area contributed by atoms with Crippen molar-refractivity contribution in [3.8, 4) is 11.8 Å². The van der Waals surface area contributed by atoms with Crippen molar-refractivity contribution in [2.45, 2.75) is 96.1 Å². The van der Waals surface area contributed by atoms with Crippen molar-refractivity contribution >= 4 is 21.6 Å². The quantitative estimate of drug-likeness (QED) is 0.188. The van der Waals surface area contributed by atoms with E-state index in [9.17, 15) is 27.1 Å². The first-order valence-electron chi connectivity index (χ1n) is 18.1. The first kappa shape index (κ1) is 37.1. The smallest absolute Gasteiger partial charge is 0.310 e. The lowest BCUT2D eigenvalue weighted by Gasteiger charge is -2.33. The third kappa shape index (κ3) is 6.98. The number of sulfonamides is 1. The van der Waals surface area contributed by atoms with Crippen LogP contribution < -0.4 is 9.47 Å². The SMILES string of the molecule is Cc1ccc([C@@H](c2ccn3c(C(F)F)nnc3c2C)C(C)(C)C(=O)O)cc1CN1CC2(CC2)Oc2nc(OCCN3CCCCC3)c(C)cc2S1(=O)=O. The number of halogens is 2. The Labute approximate surface area is 308 Å². The molecule has 1 saturated heterocycles. The molecule has 3 aliphatic rings. The van der Waals surface area contributed by atoms with Crippen molar-refractivity contribution in [2.75, 3.05) is 32.8 Å². The highest BCUT2D eigenvalue weighted by molar-refractivity contribution is 7.89. The van der Waals surface area contributed by atoms with E-state index in [1.54, 1.807) is 39.8 Å². The molecule has 2 aliphatic heterocycles. The Morgan fingerprint density at radius 3 is 2.47 bits per heavy atom. The minimum absolute atomic E-state index is 0.0127. The summed E-state index contributed by atoms with van der Waals surface area (Å²) < 4.78 is 71.3. The number of ether oxygens (including phenoxy) is 2. The molecule has 1 aromatic carbocycles. The first-order chi connectivity index (χ1) is 25.1. The van der Waals surface area contributed by atoms with Gasteiger partial charge in [-0.05, 0) is 113 Å². The number of hydrogen-bond donors (Lipinski definition) is 1. The normalized spacial score (nSPS) is 19.2. The van der Waals surface area contributed by atoms with Gasteiger partial charge in [0.25, 0.3) is 6.43 Å². The summed E-state index contributed by atoms with van der Waals surface area (Å²) >= 11 is 0. The summed E-state index contributed by atoms with van der Waals surface area (Å²) in [7, 11) is -4.10. The average molecular weight is 753 g/mol. The fourth-order valence-corrected chi connectivity index (χ4v) is 9.28. The minimum atomic E-state index is -4.10. The fraction of sp³-hybridized carbons (Fsp3) is 0.526. The summed E-state index contributed by atoms with van der Waals surface area (Å²) in [6.45, 7) is 12.0. The number of carboxylic acid groups (broad SMARTS) is 1. The number of aromatic nitrogens is 4. The zero-order chi connectivity index (χ0) is 37.9. The number of nitrogens with zero attached hydrogens (tertiary/aromatic N) is 6. The highest BCUT2D eigenvalue weighted by Gasteiger charge is 2.53. The van der Waals surface area contributed by atoms with Crippen molar-refractivity contribution in [1.29, 1.82) is 0 Å². The van der Waals surface area contributed by atoms with Crippen LogP contribution in [-0.4, -0.2) is 86.7 Å². The summed E-state index contributed by atoms with van der Waals surface area (Å²) in [5.41, 5.74) is 1.98. The zero-order valence-electron chi connectivity index (χ0n) is 30.7. The largest absolute Gasteiger partial charge is 0.481 e. The molecule has 53 heavy (non-hydrogen) atoms. The Kier molecular flexibility index (Phi) is 9.73. The van der Waals surface area contributed by atoms with Gasteiger partial charge in [0.2, 0.25) is 27.6 Å². The third-order valence-electron chi connectivity index (χ3n) is 11.1. The van der Waals surface area contributed by atoms with Gasteiger partial charge in [0.1, 0.15) is 17.1 Å². The van der Waals surface area contributed by atoms with Gasteiger partial charge in [-0.1, -0.05) is 24.6 Å². The molecule has 0 bridgehead atoms. The Balaban J connectivity index is 1.22. The second-order valence-corrected chi connectivity index (χ2v) is 17.2. The fourth-order valence-electron chi connectivity index (χ4n) is 7.65. The topological polar surface area (TPSA) is 139 Å². The number of benzene rings is 1. The van der Waals surface area contributed by atoms with Crippen LogP contribution in [0.2, 0.25) is 0 Å². The Bertz CT molecular complexity index is 2160. The number of carboxylic acids is 1. The van der Waals surface area contributed by atoms with Gasteiger partial charge in [0.15, 0.2) is 5.65 Å². The van der Waals surface area contributed by atoms with Crippen molar-refractivity contribution < 1.29 is 36.6 Å². The summed E-state index contributed by atoms with van der Waals surface area (Å²) in [6.07, 6.45) is 3.55. The van der Waals surface area contributed by atoms with Crippen LogP contribution in [-0.2, 0) is 21.4 Å². The van der Waals surface area contributed by atoms with Gasteiger partial charge in [0, 0.05) is 30.8 Å². The molecule has 3 aromatic heterocycles. The van der Waals surface area contributed by atoms with Gasteiger partial charge < -0.3 is 14.6 Å². The molecule has 12 nitrogen and oxygen atoms in total. The Hall–Kier alpha value is -4.21. The van der Waals surface area contributed by atoms with Gasteiger partial charge in [0.05, 0.1) is 12.0 Å². The van der Waals surface area contributed by atoms with Gasteiger partial charge in [-0.3, -0.25) is 14.1 Å². The number of likely N-dealkylation sites (tertiary alicyclic amines) is 1. The van der Waals surface area contributed by atoms with Crippen molar-refractivity contribution in [3.63, 3.8) is 0 Å². The molecule has 2 fully saturated rings. The molecular weight excluding hydrogens is 707 g/mol. The maximum Gasteiger partial charge on any atom is 0.310 e. The van der Waals surface area contributed by atoms with Crippen LogP contribution in [0.25, 0.3) is 5.65 Å². The van der Waals surface area contributed by atoms with E-state index < -0.39 is 45.2 Å². The molecule has 0 amide bonds. The van der Waals surface area contributed by atoms with Crippen LogP contribution in [0.3, 0.4) is 0 Å². The van der Waals surface area contributed by atoms with E-state index in [0.29, 0.717) is 53.1 Å². The van der Waals surface area contributed by atoms with E-state index in [0.717, 1.165) is 25.2 Å². The highest BCUT2D eigenvalue weighted by Crippen LogP contribution is 2.48. The van der Waals surface area contributed by atoms with Crippen LogP contribution in [0.15, 0.2) is 41.4 Å². The van der Waals surface area contributed by atoms with Gasteiger partial charge in [-0.25, -0.2) is 17.2 Å². The molecule has 5 heterocycles. The third-order valence-corrected chi connectivity index (χ3v) is 12.9. The molecule has 15 heteroatoms. The molecule has 7 rings (SSSR count). The minimum Gasteiger partial charge on any atom is -0.481 e. The van der Waals surface area contributed by atoms with Crippen LogP contribution >= 0.6 is 0 Å². The van der Waals surface area contributed by atoms with Crippen LogP contribution in [0.5, 0.6) is 11.8 Å². The maximum absolute atomic E-state index is 14.5. The van der Waals surface area contributed by atoms with E-state index in [4.69, 9.17) is 9.47 Å². The van der Waals surface area contributed by atoms with Crippen LogP contribution in [0, 0.1) is 26.2 Å². The molecule has 0 radical (unpaired) electrons. The van der Waals surface area contributed by atoms with Crippen molar-refractivity contribution in [1.82, 2.24) is 28.8 Å². The lowest BCUT2D eigenvalue weighted by atomic mass is 9.70. The van der Waals surface area contributed by atoms with E-state index in [2.05, 4.69) is 20.1 Å². The lowest BCUT2D eigenvalue weighted by molar-refractivity contribution is -0.147. The Morgan fingerprint density at radius 2 is 1.79 bits per heavy atom. The summed E-state index contributed by atoms with van der Waals surface area (Å²) in [5.74, 6) is -1.90. The number of aryl methyl sites for hydroxylation is 3. The number of piperidine rings is 1. The monoisotopic (exact) mass is 752 g/mol. The van der Waals surface area contributed by atoms with E-state index in [-0.39, 0.29) is 29.5 Å². The number of rotatable bonds is 11. The Morgan fingerprint density at radius 1 is 1.06 bits per heavy atom. The number of aliphatic carboxylic acids is 1. The number of hydrogen-bond acceptors (Lipinski definition) is 9. The molecule has 1 N–H and O–H groups in total. The summed E-state index contributed by atoms with van der Waals surface area (Å²) in [5, 5.41) is 18.1. The van der Waals surface area contributed by atoms with E-state index in [1.165, 1.54) is 34.2 Å². The lowest BCUT2D eigenvalue weighted by Crippen LogP contribution is -2.38. The zero-order valence-corrected chi connectivity index (χ0v) is 31.5. The molecule has 1 spiro atoms. The number of alkyl halides is 2. The standard InChI is InChI=1S/C38H46F2N6O6S/c1-23-9-10-26(30(37(4,5)36(47)48)28-11-16-46-32(25(28)3)42-43-33(46)31(39)40)20-27(23)21-45-22-38(12-13-38)52-35-29(53(45,49)50)19-24(2)34(41-35)51-18-17-44-14-7-6-8-15-44/h9-11,16,19-20,30-31H,6-8,12-15,17-18,21-22H2,1-5H3,(H,47,48)/t30-/m0/s1. The van der Waals surface area contributed by atoms with Gasteiger partial charge >= 0.3 is 5.97 Å². The van der Waals surface area contributed by atoms with Crippen LogP contribution in [0.4, 0.5) is 8.78 Å². The van der Waals surface area contributed by atoms with E-state index in [1.807, 2.05) is 25.1 Å². The highest BCUT2D eigenvalue weighted by atomic mass is 32.2. The second-order valence-electron chi connectivity index (χ2n) is 15.3. The van der Waals surface area contributed by atoms with Crippen molar-refractivity contribution in [3.05, 3.63) is 75.7 Å². The molecule has 1 atom stereocenters. The molecule has 1 saturated carbocycles. The molecule has 1 aliphatic carbocycles. The van der Waals surface area contributed by atoms with E-state index >= 15 is 0 Å². The maximum atomic E-state index is 14.5. The molecule has 0 unspecified atom stereocenters. The predicted molar refractivity (Wildman–Crippen MR) is 192 cm³/mol. The number of pyridine rings is 2. The number of carbonyl (C=O) groups is 1. The van der Waals surface area contributed by atoms with Crippen molar-refractivity contribution in [2.24, 2.45) is 5.41 Å². The number of fused-ring (bicyclic) bond motifs is 2. The molecule has 4 aromatic rings. The predicted octanol–water partition coefficient (Wildman–Crippen LogP) is 6.21. The van der Waals surface area contributed by atoms with Gasteiger partial charge in [-0.15, -0.1) is 10.2 Å². The first-order valence-corrected chi connectivity index (χ1v) is 19.6. The summed E-state index contributed by atoms with van der Waals surface area (Å²) in [6, 6.07) is 8.77. The second kappa shape index (κ2) is 13.9. The average Bonchev–Trinajstić information content (AvgIpc) is 3.73. The molecular formula is C38H46F2N6O6S. The summed E-state index contributed by atoms with van der Waals surface area (Å²) in [4.78, 5) is 19.8. The molecule has 284 valence electrons. The van der Waals surface area contributed by atoms with Crippen LogP contribution in [0.1, 0.15) is 97.5 Å².